The van der Waals surface area contributed by atoms with Crippen LogP contribution in [-0.2, 0) is 6.42 Å². The molecule has 0 radical (unpaired) electrons. The van der Waals surface area contributed by atoms with E-state index in [9.17, 15) is 5.11 Å². The molecule has 0 atom stereocenters. The van der Waals surface area contributed by atoms with Crippen molar-refractivity contribution in [2.45, 2.75) is 58.3 Å². The van der Waals surface area contributed by atoms with Crippen LogP contribution in [-0.4, -0.2) is 5.11 Å². The maximum Gasteiger partial charge on any atom is 0.126 e. The Labute approximate surface area is 122 Å². The van der Waals surface area contributed by atoms with E-state index < -0.39 is 0 Å². The highest BCUT2D eigenvalue weighted by molar-refractivity contribution is 5.89. The lowest BCUT2D eigenvalue weighted by molar-refractivity contribution is 0.472. The Bertz CT molecular complexity index is 530. The highest BCUT2D eigenvalue weighted by Crippen LogP contribution is 2.29. The summed E-state index contributed by atoms with van der Waals surface area (Å²) in [5, 5.41) is 12.4. The Hall–Kier alpha value is -1.50. The van der Waals surface area contributed by atoms with Gasteiger partial charge in [-0.3, -0.25) is 0 Å². The fourth-order valence-electron chi connectivity index (χ4n) is 2.77. The van der Waals surface area contributed by atoms with E-state index in [0.717, 1.165) is 22.8 Å². The lowest BCUT2D eigenvalue weighted by atomic mass is 10.00. The second-order valence-electron chi connectivity index (χ2n) is 5.67. The van der Waals surface area contributed by atoms with E-state index in [1.807, 2.05) is 24.3 Å². The maximum absolute atomic E-state index is 10.3. The number of rotatable bonds is 8. The summed E-state index contributed by atoms with van der Waals surface area (Å²) in [7, 11) is 0. The number of benzene rings is 2. The quantitative estimate of drug-likeness (QED) is 0.597. The molecule has 0 saturated carbocycles. The van der Waals surface area contributed by atoms with Crippen LogP contribution >= 0.6 is 0 Å². The van der Waals surface area contributed by atoms with Crippen LogP contribution in [0.15, 0.2) is 36.4 Å². The van der Waals surface area contributed by atoms with Crippen molar-refractivity contribution in [2.75, 3.05) is 0 Å². The monoisotopic (exact) mass is 270 g/mol. The molecule has 108 valence electrons. The van der Waals surface area contributed by atoms with Gasteiger partial charge in [-0.25, -0.2) is 0 Å². The van der Waals surface area contributed by atoms with E-state index in [-0.39, 0.29) is 0 Å². The van der Waals surface area contributed by atoms with Gasteiger partial charge >= 0.3 is 0 Å². The summed E-state index contributed by atoms with van der Waals surface area (Å²) in [6.07, 6.45) is 10.2. The number of hydrogen-bond acceptors (Lipinski definition) is 1. The molecule has 0 aliphatic rings. The maximum atomic E-state index is 10.3. The molecule has 1 N–H and O–H groups in total. The fraction of sp³-hybridized carbons (Fsp3) is 0.474. The number of aromatic hydroxyl groups is 1. The molecule has 0 aliphatic heterocycles. The van der Waals surface area contributed by atoms with Crippen molar-refractivity contribution in [3.8, 4) is 5.75 Å². The first kappa shape index (κ1) is 14.9. The van der Waals surface area contributed by atoms with Crippen molar-refractivity contribution in [1.82, 2.24) is 0 Å². The van der Waals surface area contributed by atoms with Crippen LogP contribution in [0.3, 0.4) is 0 Å². The molecular formula is C19H26O. The Morgan fingerprint density at radius 2 is 1.50 bits per heavy atom. The smallest absolute Gasteiger partial charge is 0.126 e. The third kappa shape index (κ3) is 4.00. The largest absolute Gasteiger partial charge is 0.507 e. The SMILES string of the molecule is CCCCCCCCCc1ccc2ccccc2c1O. The van der Waals surface area contributed by atoms with Gasteiger partial charge in [0.2, 0.25) is 0 Å². The molecule has 0 unspecified atom stereocenters. The summed E-state index contributed by atoms with van der Waals surface area (Å²) in [5.74, 6) is 0.481. The topological polar surface area (TPSA) is 20.2 Å². The number of unbranched alkanes of at least 4 members (excludes halogenated alkanes) is 6. The summed E-state index contributed by atoms with van der Waals surface area (Å²) in [6.45, 7) is 2.25. The van der Waals surface area contributed by atoms with Crippen molar-refractivity contribution in [2.24, 2.45) is 0 Å². The number of phenolic OH excluding ortho intramolecular Hbond substituents is 1. The molecule has 0 aromatic heterocycles. The summed E-state index contributed by atoms with van der Waals surface area (Å²) in [5.41, 5.74) is 1.09. The number of hydrogen-bond donors (Lipinski definition) is 1. The van der Waals surface area contributed by atoms with E-state index in [4.69, 9.17) is 0 Å². The molecule has 1 heteroatoms. The van der Waals surface area contributed by atoms with E-state index >= 15 is 0 Å². The molecule has 1 nitrogen and oxygen atoms in total. The summed E-state index contributed by atoms with van der Waals surface area (Å²) in [4.78, 5) is 0. The first-order valence-electron chi connectivity index (χ1n) is 8.02. The zero-order valence-electron chi connectivity index (χ0n) is 12.6. The predicted octanol–water partition coefficient (Wildman–Crippen LogP) is 5.84. The predicted molar refractivity (Wildman–Crippen MR) is 87.3 cm³/mol. The van der Waals surface area contributed by atoms with Gasteiger partial charge in [-0.15, -0.1) is 0 Å². The Morgan fingerprint density at radius 3 is 2.30 bits per heavy atom. The lowest BCUT2D eigenvalue weighted by Crippen LogP contribution is -1.88. The average Bonchev–Trinajstić information content (AvgIpc) is 2.49. The summed E-state index contributed by atoms with van der Waals surface area (Å²) in [6, 6.07) is 12.2. The van der Waals surface area contributed by atoms with Crippen molar-refractivity contribution in [1.29, 1.82) is 0 Å². The zero-order chi connectivity index (χ0) is 14.2. The minimum absolute atomic E-state index is 0.481. The molecule has 20 heavy (non-hydrogen) atoms. The molecule has 0 spiro atoms. The number of phenols is 1. The Morgan fingerprint density at radius 1 is 0.800 bits per heavy atom. The third-order valence-corrected chi connectivity index (χ3v) is 4.03. The molecule has 2 rings (SSSR count). The number of fused-ring (bicyclic) bond motifs is 1. The van der Waals surface area contributed by atoms with Gasteiger partial charge < -0.3 is 5.11 Å². The molecule has 0 fully saturated rings. The Kier molecular flexibility index (Phi) is 5.91. The molecule has 0 bridgehead atoms. The molecule has 0 heterocycles. The van der Waals surface area contributed by atoms with Crippen LogP contribution in [0.5, 0.6) is 5.75 Å². The molecule has 0 aliphatic carbocycles. The van der Waals surface area contributed by atoms with E-state index in [1.54, 1.807) is 0 Å². The first-order valence-corrected chi connectivity index (χ1v) is 8.02. The summed E-state index contributed by atoms with van der Waals surface area (Å²) >= 11 is 0. The van der Waals surface area contributed by atoms with Crippen molar-refractivity contribution in [3.05, 3.63) is 42.0 Å². The van der Waals surface area contributed by atoms with Gasteiger partial charge in [0.15, 0.2) is 0 Å². The zero-order valence-corrected chi connectivity index (χ0v) is 12.6. The van der Waals surface area contributed by atoms with Crippen molar-refractivity contribution >= 4 is 10.8 Å². The van der Waals surface area contributed by atoms with Crippen LogP contribution in [0.4, 0.5) is 0 Å². The van der Waals surface area contributed by atoms with Gasteiger partial charge in [-0.1, -0.05) is 81.8 Å². The van der Waals surface area contributed by atoms with Crippen molar-refractivity contribution in [3.63, 3.8) is 0 Å². The normalized spacial score (nSPS) is 11.1. The van der Waals surface area contributed by atoms with Gasteiger partial charge in [-0.05, 0) is 23.8 Å². The number of aryl methyl sites for hydroxylation is 1. The highest BCUT2D eigenvalue weighted by atomic mass is 16.3. The van der Waals surface area contributed by atoms with Crippen LogP contribution in [0, 0.1) is 0 Å². The van der Waals surface area contributed by atoms with E-state index in [0.29, 0.717) is 5.75 Å². The van der Waals surface area contributed by atoms with E-state index in [1.165, 1.54) is 44.9 Å². The second kappa shape index (κ2) is 7.94. The standard InChI is InChI=1S/C19H26O/c1-2-3-4-5-6-7-8-12-17-15-14-16-11-9-10-13-18(16)19(17)20/h9-11,13-15,20H,2-8,12H2,1H3. The Balaban J connectivity index is 1.83. The molecular weight excluding hydrogens is 244 g/mol. The molecule has 2 aromatic carbocycles. The van der Waals surface area contributed by atoms with Gasteiger partial charge in [0.25, 0.3) is 0 Å². The van der Waals surface area contributed by atoms with Crippen molar-refractivity contribution < 1.29 is 5.11 Å². The van der Waals surface area contributed by atoms with E-state index in [2.05, 4.69) is 19.1 Å². The molecule has 2 aromatic rings. The van der Waals surface area contributed by atoms with Gasteiger partial charge in [0, 0.05) is 5.39 Å². The van der Waals surface area contributed by atoms with Crippen LogP contribution in [0.1, 0.15) is 57.4 Å². The average molecular weight is 270 g/mol. The van der Waals surface area contributed by atoms with Gasteiger partial charge in [0.05, 0.1) is 0 Å². The van der Waals surface area contributed by atoms with Gasteiger partial charge in [0.1, 0.15) is 5.75 Å². The highest BCUT2D eigenvalue weighted by Gasteiger charge is 2.05. The minimum Gasteiger partial charge on any atom is -0.507 e. The summed E-state index contributed by atoms with van der Waals surface area (Å²) < 4.78 is 0. The van der Waals surface area contributed by atoms with Gasteiger partial charge in [-0.2, -0.15) is 0 Å². The van der Waals surface area contributed by atoms with Crippen LogP contribution in [0.2, 0.25) is 0 Å². The van der Waals surface area contributed by atoms with Crippen LogP contribution in [0.25, 0.3) is 10.8 Å². The molecule has 0 saturated heterocycles. The van der Waals surface area contributed by atoms with Crippen LogP contribution < -0.4 is 0 Å². The lowest BCUT2D eigenvalue weighted by Gasteiger charge is -2.08. The third-order valence-electron chi connectivity index (χ3n) is 4.03. The minimum atomic E-state index is 0.481. The molecule has 0 amide bonds. The first-order chi connectivity index (χ1) is 9.83. The fourth-order valence-corrected chi connectivity index (χ4v) is 2.77. The second-order valence-corrected chi connectivity index (χ2v) is 5.67.